The van der Waals surface area contributed by atoms with Gasteiger partial charge >= 0.3 is 5.63 Å². The number of phenols is 1. The Labute approximate surface area is 170 Å². The third-order valence-corrected chi connectivity index (χ3v) is 6.72. The Kier molecular flexibility index (Phi) is 4.90. The molecule has 1 N–H and O–H groups in total. The molecule has 0 amide bonds. The molecule has 1 heterocycles. The van der Waals surface area contributed by atoms with Gasteiger partial charge in [-0.1, -0.05) is 53.7 Å². The minimum atomic E-state index is -4.07. The maximum atomic E-state index is 13.1. The Balaban J connectivity index is 2.20. The molecule has 3 aromatic rings. The highest BCUT2D eigenvalue weighted by molar-refractivity contribution is 7.91. The molecule has 0 unspecified atom stereocenters. The van der Waals surface area contributed by atoms with Crippen molar-refractivity contribution in [3.63, 3.8) is 0 Å². The zero-order valence-corrected chi connectivity index (χ0v) is 18.3. The molecule has 2 aromatic carbocycles. The molecule has 6 heteroatoms. The molecular formula is C23H26O5S. The minimum Gasteiger partial charge on any atom is -0.504 e. The summed E-state index contributed by atoms with van der Waals surface area (Å²) in [6.45, 7) is 12.0. The number of fused-ring (bicyclic) bond motifs is 1. The van der Waals surface area contributed by atoms with Crippen LogP contribution in [0.5, 0.6) is 5.75 Å². The second-order valence-corrected chi connectivity index (χ2v) is 11.3. The summed E-state index contributed by atoms with van der Waals surface area (Å²) in [6, 6.07) is 11.1. The monoisotopic (exact) mass is 414 g/mol. The summed E-state index contributed by atoms with van der Waals surface area (Å²) in [4.78, 5) is 12.0. The third kappa shape index (κ3) is 3.94. The summed E-state index contributed by atoms with van der Waals surface area (Å²) in [5, 5.41) is 10.6. The van der Waals surface area contributed by atoms with E-state index in [2.05, 4.69) is 0 Å². The van der Waals surface area contributed by atoms with E-state index >= 15 is 0 Å². The van der Waals surface area contributed by atoms with E-state index in [9.17, 15) is 18.3 Å². The highest BCUT2D eigenvalue weighted by atomic mass is 32.2. The van der Waals surface area contributed by atoms with Crippen LogP contribution in [0.2, 0.25) is 0 Å². The summed E-state index contributed by atoms with van der Waals surface area (Å²) >= 11 is 0. The van der Waals surface area contributed by atoms with Crippen LogP contribution < -0.4 is 5.63 Å². The summed E-state index contributed by atoms with van der Waals surface area (Å²) in [5.41, 5.74) is 0.367. The number of phenolic OH excluding ortho intramolecular Hbond substituents is 1. The molecule has 0 fully saturated rings. The van der Waals surface area contributed by atoms with Crippen LogP contribution in [0.25, 0.3) is 11.0 Å². The first kappa shape index (κ1) is 21.1. The summed E-state index contributed by atoms with van der Waals surface area (Å²) in [6.07, 6.45) is 0. The Morgan fingerprint density at radius 2 is 1.38 bits per heavy atom. The first-order valence-corrected chi connectivity index (χ1v) is 10.9. The third-order valence-electron chi connectivity index (χ3n) is 4.97. The average molecular weight is 415 g/mol. The highest BCUT2D eigenvalue weighted by Crippen LogP contribution is 2.33. The number of rotatable bonds is 2. The van der Waals surface area contributed by atoms with Gasteiger partial charge in [0.2, 0.25) is 9.84 Å². The lowest BCUT2D eigenvalue weighted by Gasteiger charge is -2.20. The van der Waals surface area contributed by atoms with Gasteiger partial charge in [0.05, 0.1) is 4.90 Å². The molecule has 0 radical (unpaired) electrons. The van der Waals surface area contributed by atoms with Gasteiger partial charge in [-0.2, -0.15) is 0 Å². The van der Waals surface area contributed by atoms with E-state index in [0.29, 0.717) is 5.39 Å². The zero-order valence-electron chi connectivity index (χ0n) is 17.5. The lowest BCUT2D eigenvalue weighted by atomic mass is 9.86. The Morgan fingerprint density at radius 1 is 0.828 bits per heavy atom. The van der Waals surface area contributed by atoms with Crippen molar-refractivity contribution in [2.45, 2.75) is 62.2 Å². The van der Waals surface area contributed by atoms with E-state index in [-0.39, 0.29) is 27.1 Å². The van der Waals surface area contributed by atoms with Crippen molar-refractivity contribution in [2.24, 2.45) is 0 Å². The molecule has 29 heavy (non-hydrogen) atoms. The normalized spacial score (nSPS) is 13.0. The molecule has 5 nitrogen and oxygen atoms in total. The van der Waals surface area contributed by atoms with E-state index in [1.807, 2.05) is 41.5 Å². The van der Waals surface area contributed by atoms with Gasteiger partial charge < -0.3 is 9.52 Å². The Hall–Kier alpha value is -2.60. The van der Waals surface area contributed by atoms with E-state index in [4.69, 9.17) is 4.42 Å². The first-order valence-electron chi connectivity index (χ1n) is 9.38. The molecule has 0 aliphatic carbocycles. The van der Waals surface area contributed by atoms with E-state index in [1.165, 1.54) is 24.3 Å². The summed E-state index contributed by atoms with van der Waals surface area (Å²) < 4.78 is 31.4. The van der Waals surface area contributed by atoms with Crippen molar-refractivity contribution < 1.29 is 17.9 Å². The maximum absolute atomic E-state index is 13.1. The minimum absolute atomic E-state index is 0.0216. The fourth-order valence-electron chi connectivity index (χ4n) is 3.08. The van der Waals surface area contributed by atoms with Crippen LogP contribution in [0.3, 0.4) is 0 Å². The number of benzene rings is 2. The summed E-state index contributed by atoms with van der Waals surface area (Å²) in [5.74, 6) is -0.192. The largest absolute Gasteiger partial charge is 0.504 e. The van der Waals surface area contributed by atoms with Crippen LogP contribution in [0.15, 0.2) is 61.5 Å². The molecule has 1 aromatic heterocycles. The van der Waals surface area contributed by atoms with Gasteiger partial charge in [-0.15, -0.1) is 0 Å². The zero-order chi connectivity index (χ0) is 21.8. The fraction of sp³-hybridized carbons (Fsp3) is 0.348. The molecule has 0 saturated heterocycles. The van der Waals surface area contributed by atoms with Crippen LogP contribution in [0.1, 0.15) is 52.7 Å². The molecule has 0 aliphatic heterocycles. The van der Waals surface area contributed by atoms with Gasteiger partial charge in [0, 0.05) is 5.39 Å². The second-order valence-electron chi connectivity index (χ2n) is 9.34. The molecule has 3 rings (SSSR count). The summed E-state index contributed by atoms with van der Waals surface area (Å²) in [7, 11) is -4.07. The van der Waals surface area contributed by atoms with Gasteiger partial charge in [0.25, 0.3) is 0 Å². The smallest absolute Gasteiger partial charge is 0.355 e. The van der Waals surface area contributed by atoms with Crippen LogP contribution in [0, 0.1) is 0 Å². The van der Waals surface area contributed by atoms with Gasteiger partial charge in [0.15, 0.2) is 16.2 Å². The predicted octanol–water partition coefficient (Wildman–Crippen LogP) is 4.93. The lowest BCUT2D eigenvalue weighted by Crippen LogP contribution is -2.16. The molecule has 0 spiro atoms. The number of aromatic hydroxyl groups is 1. The molecule has 0 saturated carbocycles. The van der Waals surface area contributed by atoms with Crippen molar-refractivity contribution in [1.82, 2.24) is 0 Å². The van der Waals surface area contributed by atoms with Gasteiger partial charge in [-0.3, -0.25) is 0 Å². The Bertz CT molecular complexity index is 1240. The lowest BCUT2D eigenvalue weighted by molar-refractivity contribution is 0.449. The van der Waals surface area contributed by atoms with Gasteiger partial charge in [-0.25, -0.2) is 13.2 Å². The number of sulfone groups is 1. The molecule has 0 atom stereocenters. The topological polar surface area (TPSA) is 84.6 Å². The van der Waals surface area contributed by atoms with Gasteiger partial charge in [0.1, 0.15) is 0 Å². The van der Waals surface area contributed by atoms with E-state index in [0.717, 1.165) is 11.1 Å². The molecule has 0 aliphatic rings. The van der Waals surface area contributed by atoms with Crippen molar-refractivity contribution in [3.8, 4) is 5.75 Å². The SMILES string of the molecule is CC(C)(C)c1ccc(S(=O)(=O)c2cc3cc(C(C)(C)C)cc(O)c3oc2=O)cc1. The van der Waals surface area contributed by atoms with Crippen LogP contribution in [0.4, 0.5) is 0 Å². The van der Waals surface area contributed by atoms with E-state index in [1.54, 1.807) is 18.2 Å². The molecule has 154 valence electrons. The van der Waals surface area contributed by atoms with Crippen LogP contribution in [-0.4, -0.2) is 13.5 Å². The maximum Gasteiger partial charge on any atom is 0.355 e. The second kappa shape index (κ2) is 6.73. The van der Waals surface area contributed by atoms with Crippen molar-refractivity contribution in [1.29, 1.82) is 0 Å². The van der Waals surface area contributed by atoms with E-state index < -0.39 is 20.4 Å². The number of hydrogen-bond donors (Lipinski definition) is 1. The quantitative estimate of drug-likeness (QED) is 0.601. The van der Waals surface area contributed by atoms with Crippen molar-refractivity contribution in [2.75, 3.05) is 0 Å². The number of hydrogen-bond acceptors (Lipinski definition) is 5. The van der Waals surface area contributed by atoms with Crippen LogP contribution >= 0.6 is 0 Å². The van der Waals surface area contributed by atoms with Crippen molar-refractivity contribution in [3.05, 3.63) is 64.0 Å². The molecule has 0 bridgehead atoms. The van der Waals surface area contributed by atoms with Crippen LogP contribution in [-0.2, 0) is 20.7 Å². The fourth-order valence-corrected chi connectivity index (χ4v) is 4.37. The highest BCUT2D eigenvalue weighted by Gasteiger charge is 2.26. The van der Waals surface area contributed by atoms with Crippen molar-refractivity contribution >= 4 is 20.8 Å². The predicted molar refractivity (Wildman–Crippen MR) is 113 cm³/mol. The molecular weight excluding hydrogens is 388 g/mol. The first-order chi connectivity index (χ1) is 13.2. The van der Waals surface area contributed by atoms with Gasteiger partial charge in [-0.05, 0) is 52.3 Å². The standard InChI is InChI=1S/C23H26O5S/c1-22(2,3)15-7-9-17(10-8-15)29(26,27)19-12-14-11-16(23(4,5)6)13-18(24)20(14)28-21(19)25/h7-13,24H,1-6H3. The Morgan fingerprint density at radius 3 is 1.90 bits per heavy atom. The average Bonchev–Trinajstić information content (AvgIpc) is 2.60.